The molecule has 136 valence electrons. The van der Waals surface area contributed by atoms with E-state index in [0.717, 1.165) is 11.3 Å². The lowest BCUT2D eigenvalue weighted by molar-refractivity contribution is 0.0644. The van der Waals surface area contributed by atoms with Crippen LogP contribution in [0.3, 0.4) is 0 Å². The molecule has 0 aliphatic carbocycles. The predicted molar refractivity (Wildman–Crippen MR) is 103 cm³/mol. The van der Waals surface area contributed by atoms with Gasteiger partial charge in [-0.15, -0.1) is 0 Å². The number of carbonyl (C=O) groups excluding carboxylic acids is 2. The molecule has 0 N–H and O–H groups in total. The third kappa shape index (κ3) is 3.53. The van der Waals surface area contributed by atoms with Gasteiger partial charge in [0.05, 0.1) is 12.5 Å². The topological polar surface area (TPSA) is 55.2 Å². The van der Waals surface area contributed by atoms with Crippen molar-refractivity contribution in [2.45, 2.75) is 12.8 Å². The molecule has 27 heavy (non-hydrogen) atoms. The lowest BCUT2D eigenvalue weighted by atomic mass is 9.89. The number of imidazole rings is 1. The molecule has 1 amide bonds. The molecule has 2 heterocycles. The van der Waals surface area contributed by atoms with Crippen molar-refractivity contribution < 1.29 is 9.59 Å². The first-order chi connectivity index (χ1) is 13.2. The van der Waals surface area contributed by atoms with Gasteiger partial charge >= 0.3 is 0 Å². The Morgan fingerprint density at radius 3 is 2.19 bits per heavy atom. The molecule has 5 heteroatoms. The van der Waals surface area contributed by atoms with E-state index in [1.165, 1.54) is 0 Å². The fourth-order valence-electron chi connectivity index (χ4n) is 3.59. The average molecular weight is 359 g/mol. The highest BCUT2D eigenvalue weighted by atomic mass is 16.2. The highest BCUT2D eigenvalue weighted by Gasteiger charge is 2.29. The van der Waals surface area contributed by atoms with Gasteiger partial charge in [0.1, 0.15) is 5.69 Å². The first-order valence-electron chi connectivity index (χ1n) is 9.20. The van der Waals surface area contributed by atoms with E-state index >= 15 is 0 Å². The summed E-state index contributed by atoms with van der Waals surface area (Å²) in [5.41, 5.74) is 2.21. The van der Waals surface area contributed by atoms with Gasteiger partial charge in [0.2, 0.25) is 0 Å². The number of Topliss-reactive ketones (excluding diaryl/α,β-unsaturated/α-hetero) is 1. The molecule has 2 aromatic carbocycles. The number of piperidine rings is 1. The van der Waals surface area contributed by atoms with Gasteiger partial charge < -0.3 is 4.90 Å². The first kappa shape index (κ1) is 17.2. The second-order valence-corrected chi connectivity index (χ2v) is 6.78. The van der Waals surface area contributed by atoms with Crippen molar-refractivity contribution in [3.63, 3.8) is 0 Å². The molecule has 3 aromatic rings. The molecule has 0 spiro atoms. The Morgan fingerprint density at radius 1 is 0.889 bits per heavy atom. The molecule has 0 bridgehead atoms. The summed E-state index contributed by atoms with van der Waals surface area (Å²) in [6.45, 7) is 1.17. The smallest absolute Gasteiger partial charge is 0.272 e. The maximum Gasteiger partial charge on any atom is 0.272 e. The normalized spacial score (nSPS) is 14.9. The van der Waals surface area contributed by atoms with Crippen LogP contribution < -0.4 is 0 Å². The van der Waals surface area contributed by atoms with Crippen molar-refractivity contribution in [2.24, 2.45) is 5.92 Å². The number of ketones is 1. The summed E-state index contributed by atoms with van der Waals surface area (Å²) in [6.07, 6.45) is 4.66. The molecular weight excluding hydrogens is 338 g/mol. The van der Waals surface area contributed by atoms with E-state index in [0.29, 0.717) is 31.6 Å². The second kappa shape index (κ2) is 7.58. The van der Waals surface area contributed by atoms with Gasteiger partial charge in [0, 0.05) is 30.3 Å². The fraction of sp³-hybridized carbons (Fsp3) is 0.227. The Labute approximate surface area is 158 Å². The van der Waals surface area contributed by atoms with Crippen LogP contribution in [0.1, 0.15) is 33.7 Å². The van der Waals surface area contributed by atoms with Crippen LogP contribution >= 0.6 is 0 Å². The summed E-state index contributed by atoms with van der Waals surface area (Å²) in [4.78, 5) is 31.6. The SMILES string of the molecule is O=C(c1ccccc1)C1CCN(C(=O)c2cncn2-c2ccccc2)CC1. The number of amides is 1. The minimum absolute atomic E-state index is 0.0181. The van der Waals surface area contributed by atoms with Crippen LogP contribution in [0.5, 0.6) is 0 Å². The number of para-hydroxylation sites is 1. The van der Waals surface area contributed by atoms with E-state index in [4.69, 9.17) is 0 Å². The van der Waals surface area contributed by atoms with Crippen LogP contribution in [0.4, 0.5) is 0 Å². The summed E-state index contributed by atoms with van der Waals surface area (Å²) < 4.78 is 1.81. The largest absolute Gasteiger partial charge is 0.337 e. The molecule has 1 aliphatic heterocycles. The Kier molecular flexibility index (Phi) is 4.83. The van der Waals surface area contributed by atoms with Crippen LogP contribution in [-0.4, -0.2) is 39.2 Å². The number of hydrogen-bond donors (Lipinski definition) is 0. The van der Waals surface area contributed by atoms with Crippen LogP contribution in [0.2, 0.25) is 0 Å². The number of rotatable bonds is 4. The van der Waals surface area contributed by atoms with Crippen LogP contribution in [0.25, 0.3) is 5.69 Å². The summed E-state index contributed by atoms with van der Waals surface area (Å²) in [7, 11) is 0. The average Bonchev–Trinajstić information content (AvgIpc) is 3.24. The minimum Gasteiger partial charge on any atom is -0.337 e. The molecule has 0 atom stereocenters. The number of hydrogen-bond acceptors (Lipinski definition) is 3. The molecule has 0 saturated carbocycles. The quantitative estimate of drug-likeness (QED) is 0.669. The van der Waals surface area contributed by atoms with Crippen molar-refractivity contribution in [1.82, 2.24) is 14.5 Å². The minimum atomic E-state index is -0.0398. The lowest BCUT2D eigenvalue weighted by Gasteiger charge is -2.31. The number of likely N-dealkylation sites (tertiary alicyclic amines) is 1. The Bertz CT molecular complexity index is 926. The fourth-order valence-corrected chi connectivity index (χ4v) is 3.59. The van der Waals surface area contributed by atoms with Gasteiger partial charge in [-0.25, -0.2) is 4.98 Å². The third-order valence-corrected chi connectivity index (χ3v) is 5.10. The van der Waals surface area contributed by atoms with Crippen molar-refractivity contribution in [3.05, 3.63) is 84.4 Å². The van der Waals surface area contributed by atoms with Crippen LogP contribution in [0, 0.1) is 5.92 Å². The summed E-state index contributed by atoms with van der Waals surface area (Å²) >= 11 is 0. The first-order valence-corrected chi connectivity index (χ1v) is 9.20. The molecule has 5 nitrogen and oxygen atoms in total. The Hall–Kier alpha value is -3.21. The van der Waals surface area contributed by atoms with Gasteiger partial charge in [-0.3, -0.25) is 14.2 Å². The molecule has 0 radical (unpaired) electrons. The van der Waals surface area contributed by atoms with Gasteiger partial charge in [-0.05, 0) is 25.0 Å². The Morgan fingerprint density at radius 2 is 1.52 bits per heavy atom. The van der Waals surface area contributed by atoms with E-state index in [1.807, 2.05) is 70.1 Å². The molecule has 1 aromatic heterocycles. The summed E-state index contributed by atoms with van der Waals surface area (Å²) in [6, 6.07) is 19.1. The molecule has 4 rings (SSSR count). The summed E-state index contributed by atoms with van der Waals surface area (Å²) in [5, 5.41) is 0. The maximum atomic E-state index is 13.0. The van der Waals surface area contributed by atoms with E-state index in [1.54, 1.807) is 12.5 Å². The number of benzene rings is 2. The highest BCUT2D eigenvalue weighted by molar-refractivity contribution is 5.98. The number of aromatic nitrogens is 2. The van der Waals surface area contributed by atoms with Crippen LogP contribution in [0.15, 0.2) is 73.2 Å². The standard InChI is InChI=1S/C22H21N3O2/c26-21(17-7-3-1-4-8-17)18-11-13-24(14-12-18)22(27)20-15-23-16-25(20)19-9-5-2-6-10-19/h1-10,15-16,18H,11-14H2. The van der Waals surface area contributed by atoms with Gasteiger partial charge in [-0.1, -0.05) is 48.5 Å². The van der Waals surface area contributed by atoms with Crippen molar-refractivity contribution >= 4 is 11.7 Å². The zero-order valence-electron chi connectivity index (χ0n) is 15.0. The predicted octanol–water partition coefficient (Wildman–Crippen LogP) is 3.61. The van der Waals surface area contributed by atoms with Crippen LogP contribution in [-0.2, 0) is 0 Å². The molecule has 1 fully saturated rings. The van der Waals surface area contributed by atoms with Gasteiger partial charge in [0.15, 0.2) is 5.78 Å². The third-order valence-electron chi connectivity index (χ3n) is 5.10. The van der Waals surface area contributed by atoms with Gasteiger partial charge in [0.25, 0.3) is 5.91 Å². The molecule has 1 aliphatic rings. The summed E-state index contributed by atoms with van der Waals surface area (Å²) in [5.74, 6) is 0.120. The van der Waals surface area contributed by atoms with Crippen molar-refractivity contribution in [3.8, 4) is 5.69 Å². The van der Waals surface area contributed by atoms with Crippen molar-refractivity contribution in [1.29, 1.82) is 0 Å². The van der Waals surface area contributed by atoms with Crippen molar-refractivity contribution in [2.75, 3.05) is 13.1 Å². The molecule has 0 unspecified atom stereocenters. The van der Waals surface area contributed by atoms with Gasteiger partial charge in [-0.2, -0.15) is 0 Å². The maximum absolute atomic E-state index is 13.0. The lowest BCUT2D eigenvalue weighted by Crippen LogP contribution is -2.40. The van der Waals surface area contributed by atoms with E-state index < -0.39 is 0 Å². The number of nitrogens with zero attached hydrogens (tertiary/aromatic N) is 3. The monoisotopic (exact) mass is 359 g/mol. The molecular formula is C22H21N3O2. The zero-order valence-corrected chi connectivity index (χ0v) is 15.0. The Balaban J connectivity index is 1.44. The second-order valence-electron chi connectivity index (χ2n) is 6.78. The highest BCUT2D eigenvalue weighted by Crippen LogP contribution is 2.23. The van der Waals surface area contributed by atoms with E-state index in [9.17, 15) is 9.59 Å². The van der Waals surface area contributed by atoms with E-state index in [-0.39, 0.29) is 17.6 Å². The van der Waals surface area contributed by atoms with E-state index in [2.05, 4.69) is 4.98 Å². The molecule has 1 saturated heterocycles. The number of carbonyl (C=O) groups is 2. The zero-order chi connectivity index (χ0) is 18.6.